The Bertz CT molecular complexity index is 1010. The maximum absolute atomic E-state index is 13.8. The molecular formula is C18H7F5N2O2. The summed E-state index contributed by atoms with van der Waals surface area (Å²) in [6, 6.07) is 6.90. The van der Waals surface area contributed by atoms with Crippen LogP contribution in [-0.4, -0.2) is 11.7 Å². The molecule has 0 radical (unpaired) electrons. The molecular weight excluding hydrogens is 371 g/mol. The van der Waals surface area contributed by atoms with Crippen molar-refractivity contribution in [3.63, 3.8) is 0 Å². The number of halogens is 5. The van der Waals surface area contributed by atoms with Crippen molar-refractivity contribution < 1.29 is 31.5 Å². The minimum absolute atomic E-state index is 0.00434. The van der Waals surface area contributed by atoms with E-state index in [9.17, 15) is 26.7 Å². The maximum atomic E-state index is 13.8. The van der Waals surface area contributed by atoms with Gasteiger partial charge in [0.1, 0.15) is 11.5 Å². The van der Waals surface area contributed by atoms with Crippen molar-refractivity contribution in [2.75, 3.05) is 0 Å². The van der Waals surface area contributed by atoms with Gasteiger partial charge in [0.2, 0.25) is 5.78 Å². The number of ether oxygens (including phenoxy) is 1. The van der Waals surface area contributed by atoms with Crippen molar-refractivity contribution in [3.05, 3.63) is 64.0 Å². The molecule has 0 amide bonds. The van der Waals surface area contributed by atoms with Crippen molar-refractivity contribution >= 4 is 11.5 Å². The van der Waals surface area contributed by atoms with Crippen molar-refractivity contribution in [2.24, 2.45) is 0 Å². The topological polar surface area (TPSA) is 54.4 Å². The molecule has 3 rings (SSSR count). The van der Waals surface area contributed by atoms with Crippen LogP contribution in [0.4, 0.5) is 27.6 Å². The van der Waals surface area contributed by atoms with Gasteiger partial charge in [-0.15, -0.1) is 0 Å². The van der Waals surface area contributed by atoms with Crippen molar-refractivity contribution in [1.29, 1.82) is 5.26 Å². The van der Waals surface area contributed by atoms with E-state index in [0.29, 0.717) is 0 Å². The van der Waals surface area contributed by atoms with E-state index in [4.69, 9.17) is 16.6 Å². The number of hydrogen-bond acceptors (Lipinski definition) is 3. The van der Waals surface area contributed by atoms with Gasteiger partial charge >= 0.3 is 5.92 Å². The zero-order valence-corrected chi connectivity index (χ0v) is 13.1. The van der Waals surface area contributed by atoms with Gasteiger partial charge in [-0.3, -0.25) is 4.79 Å². The molecule has 27 heavy (non-hydrogen) atoms. The summed E-state index contributed by atoms with van der Waals surface area (Å²) in [5.74, 6) is -7.31. The molecule has 0 fully saturated rings. The van der Waals surface area contributed by atoms with Gasteiger partial charge in [-0.2, -0.15) is 14.0 Å². The second-order valence-corrected chi connectivity index (χ2v) is 5.60. The molecule has 0 saturated carbocycles. The third-order valence-corrected chi connectivity index (χ3v) is 3.95. The van der Waals surface area contributed by atoms with E-state index in [1.54, 1.807) is 6.07 Å². The van der Waals surface area contributed by atoms with Crippen LogP contribution in [0.15, 0.2) is 30.3 Å². The highest BCUT2D eigenvalue weighted by Crippen LogP contribution is 2.50. The standard InChI is InChI=1S/C18H7F5N2O2/c1-25-9-4-8(7-24)5-10(6-9)27-12-3-2-11-13(14(12)17(20)21)16(26)18(22,23)15(11)19/h2-6,15,17H. The molecule has 1 unspecified atom stereocenters. The Kier molecular flexibility index (Phi) is 4.32. The summed E-state index contributed by atoms with van der Waals surface area (Å²) in [6.45, 7) is 6.97. The number of carbonyl (C=O) groups excluding carboxylic acids is 1. The zero-order valence-electron chi connectivity index (χ0n) is 13.1. The van der Waals surface area contributed by atoms with Crippen LogP contribution < -0.4 is 4.74 Å². The Morgan fingerprint density at radius 1 is 1.26 bits per heavy atom. The lowest BCUT2D eigenvalue weighted by Gasteiger charge is -2.14. The minimum Gasteiger partial charge on any atom is -0.458 e. The van der Waals surface area contributed by atoms with E-state index in [1.807, 2.05) is 0 Å². The molecule has 2 aromatic carbocycles. The number of hydrogen-bond donors (Lipinski definition) is 0. The summed E-state index contributed by atoms with van der Waals surface area (Å²) in [5, 5.41) is 8.94. The number of nitrogens with zero attached hydrogens (tertiary/aromatic N) is 2. The van der Waals surface area contributed by atoms with E-state index in [0.717, 1.165) is 24.3 Å². The number of alkyl halides is 5. The molecule has 0 bridgehead atoms. The molecule has 0 spiro atoms. The number of benzene rings is 2. The molecule has 0 aliphatic heterocycles. The SMILES string of the molecule is [C-]#[N+]c1cc(C#N)cc(Oc2ccc3c(c2C(F)F)C(=O)C(F)(F)C3F)c1. The van der Waals surface area contributed by atoms with Gasteiger partial charge < -0.3 is 4.74 Å². The highest BCUT2D eigenvalue weighted by molar-refractivity contribution is 6.08. The quantitative estimate of drug-likeness (QED) is 0.510. The van der Waals surface area contributed by atoms with Gasteiger partial charge in [-0.25, -0.2) is 18.0 Å². The highest BCUT2D eigenvalue weighted by Gasteiger charge is 2.58. The predicted octanol–water partition coefficient (Wildman–Crippen LogP) is 5.68. The lowest BCUT2D eigenvalue weighted by Crippen LogP contribution is -2.26. The number of carbonyl (C=O) groups is 1. The molecule has 9 heteroatoms. The summed E-state index contributed by atoms with van der Waals surface area (Å²) < 4.78 is 73.4. The number of fused-ring (bicyclic) bond motifs is 1. The Balaban J connectivity index is 2.15. The van der Waals surface area contributed by atoms with Gasteiger partial charge in [0.25, 0.3) is 6.43 Å². The maximum Gasteiger partial charge on any atom is 0.344 e. The summed E-state index contributed by atoms with van der Waals surface area (Å²) in [5.41, 5.74) is -3.12. The number of ketones is 1. The molecule has 1 aliphatic carbocycles. The monoisotopic (exact) mass is 378 g/mol. The lowest BCUT2D eigenvalue weighted by atomic mass is 10.0. The van der Waals surface area contributed by atoms with Crippen LogP contribution in [0.1, 0.15) is 39.6 Å². The Morgan fingerprint density at radius 3 is 2.56 bits per heavy atom. The van der Waals surface area contributed by atoms with Crippen LogP contribution in [0.5, 0.6) is 11.5 Å². The largest absolute Gasteiger partial charge is 0.458 e. The van der Waals surface area contributed by atoms with Gasteiger partial charge in [0.15, 0.2) is 11.9 Å². The van der Waals surface area contributed by atoms with Crippen LogP contribution in [0.2, 0.25) is 0 Å². The highest BCUT2D eigenvalue weighted by atomic mass is 19.3. The molecule has 0 aromatic heterocycles. The molecule has 136 valence electrons. The van der Waals surface area contributed by atoms with Crippen molar-refractivity contribution in [2.45, 2.75) is 18.5 Å². The van der Waals surface area contributed by atoms with E-state index in [2.05, 4.69) is 4.85 Å². The first-order valence-corrected chi connectivity index (χ1v) is 7.32. The average Bonchev–Trinajstić information content (AvgIpc) is 2.81. The molecule has 2 aromatic rings. The number of Topliss-reactive ketones (excluding diaryl/α,β-unsaturated/α-hetero) is 1. The van der Waals surface area contributed by atoms with E-state index in [-0.39, 0.29) is 17.0 Å². The molecule has 0 saturated heterocycles. The van der Waals surface area contributed by atoms with Gasteiger partial charge in [0.05, 0.1) is 18.2 Å². The van der Waals surface area contributed by atoms with E-state index < -0.39 is 46.7 Å². The van der Waals surface area contributed by atoms with Crippen molar-refractivity contribution in [1.82, 2.24) is 0 Å². The average molecular weight is 378 g/mol. The van der Waals surface area contributed by atoms with Crippen molar-refractivity contribution in [3.8, 4) is 17.6 Å². The summed E-state index contributed by atoms with van der Waals surface area (Å²) >= 11 is 0. The number of nitriles is 1. The minimum atomic E-state index is -4.44. The molecule has 1 aliphatic rings. The first kappa shape index (κ1) is 18.3. The smallest absolute Gasteiger partial charge is 0.344 e. The summed E-state index contributed by atoms with van der Waals surface area (Å²) in [4.78, 5) is 14.9. The van der Waals surface area contributed by atoms with Crippen LogP contribution in [0, 0.1) is 17.9 Å². The van der Waals surface area contributed by atoms with Crippen LogP contribution in [0.3, 0.4) is 0 Å². The first-order chi connectivity index (χ1) is 12.7. The van der Waals surface area contributed by atoms with Crippen LogP contribution in [-0.2, 0) is 0 Å². The second kappa shape index (κ2) is 6.36. The third-order valence-electron chi connectivity index (χ3n) is 3.95. The van der Waals surface area contributed by atoms with Gasteiger partial charge in [-0.05, 0) is 24.3 Å². The number of rotatable bonds is 3. The normalized spacial score (nSPS) is 17.3. The summed E-state index contributed by atoms with van der Waals surface area (Å²) in [7, 11) is 0. The second-order valence-electron chi connectivity index (χ2n) is 5.60. The fourth-order valence-electron chi connectivity index (χ4n) is 2.76. The van der Waals surface area contributed by atoms with Gasteiger partial charge in [-0.1, -0.05) is 6.07 Å². The Labute approximate surface area is 149 Å². The molecule has 0 N–H and O–H groups in total. The predicted molar refractivity (Wildman–Crippen MR) is 82.0 cm³/mol. The fourth-order valence-corrected chi connectivity index (χ4v) is 2.76. The summed E-state index contributed by atoms with van der Waals surface area (Å²) in [6.07, 6.45) is -6.43. The Morgan fingerprint density at radius 2 is 1.96 bits per heavy atom. The zero-order chi connectivity index (χ0) is 19.9. The fraction of sp³-hybridized carbons (Fsp3) is 0.167. The molecule has 0 heterocycles. The van der Waals surface area contributed by atoms with E-state index >= 15 is 0 Å². The first-order valence-electron chi connectivity index (χ1n) is 7.32. The van der Waals surface area contributed by atoms with Crippen LogP contribution in [0.25, 0.3) is 4.85 Å². The molecule has 1 atom stereocenters. The lowest BCUT2D eigenvalue weighted by molar-refractivity contribution is -0.0364. The molecule has 4 nitrogen and oxygen atoms in total. The van der Waals surface area contributed by atoms with E-state index in [1.165, 1.54) is 6.07 Å². The third kappa shape index (κ3) is 2.87. The van der Waals surface area contributed by atoms with Crippen LogP contribution >= 0.6 is 0 Å². The van der Waals surface area contributed by atoms with Gasteiger partial charge in [0, 0.05) is 16.7 Å². The Hall–Kier alpha value is -3.46.